The van der Waals surface area contributed by atoms with Crippen LogP contribution in [-0.4, -0.2) is 6.04 Å². The zero-order valence-electron chi connectivity index (χ0n) is 11.3. The SMILES string of the molecule is C[C@@H](NC1CCCCCCC1)c1cccc(F)c1. The van der Waals surface area contributed by atoms with Crippen LogP contribution in [0.4, 0.5) is 4.39 Å². The highest BCUT2D eigenvalue weighted by Gasteiger charge is 2.14. The second kappa shape index (κ2) is 6.89. The van der Waals surface area contributed by atoms with E-state index in [-0.39, 0.29) is 11.9 Å². The molecule has 0 amide bonds. The van der Waals surface area contributed by atoms with Gasteiger partial charge in [0.2, 0.25) is 0 Å². The van der Waals surface area contributed by atoms with Crippen LogP contribution in [0.2, 0.25) is 0 Å². The largest absolute Gasteiger partial charge is 0.307 e. The molecule has 18 heavy (non-hydrogen) atoms. The van der Waals surface area contributed by atoms with E-state index >= 15 is 0 Å². The number of rotatable bonds is 3. The normalized spacial score (nSPS) is 20.1. The van der Waals surface area contributed by atoms with Crippen LogP contribution in [0.25, 0.3) is 0 Å². The second-order valence-electron chi connectivity index (χ2n) is 5.49. The summed E-state index contributed by atoms with van der Waals surface area (Å²) in [6.07, 6.45) is 9.31. The molecule has 1 nitrogen and oxygen atoms in total. The summed E-state index contributed by atoms with van der Waals surface area (Å²) >= 11 is 0. The third-order valence-corrected chi connectivity index (χ3v) is 3.94. The van der Waals surface area contributed by atoms with Gasteiger partial charge in [-0.15, -0.1) is 0 Å². The van der Waals surface area contributed by atoms with Crippen LogP contribution in [0.3, 0.4) is 0 Å². The Morgan fingerprint density at radius 3 is 2.44 bits per heavy atom. The van der Waals surface area contributed by atoms with Crippen LogP contribution in [0.5, 0.6) is 0 Å². The first-order valence-corrected chi connectivity index (χ1v) is 7.27. The van der Waals surface area contributed by atoms with Gasteiger partial charge in [-0.05, 0) is 37.5 Å². The Kier molecular flexibility index (Phi) is 5.18. The second-order valence-corrected chi connectivity index (χ2v) is 5.49. The van der Waals surface area contributed by atoms with Gasteiger partial charge in [0.15, 0.2) is 0 Å². The Balaban J connectivity index is 1.90. The molecule has 0 spiro atoms. The lowest BCUT2D eigenvalue weighted by Crippen LogP contribution is -2.32. The molecule has 0 heterocycles. The van der Waals surface area contributed by atoms with Gasteiger partial charge in [0.05, 0.1) is 0 Å². The fraction of sp³-hybridized carbons (Fsp3) is 0.625. The van der Waals surface area contributed by atoms with E-state index in [0.29, 0.717) is 6.04 Å². The summed E-state index contributed by atoms with van der Waals surface area (Å²) in [5.41, 5.74) is 1.05. The van der Waals surface area contributed by atoms with Crippen molar-refractivity contribution < 1.29 is 4.39 Å². The Morgan fingerprint density at radius 1 is 1.11 bits per heavy atom. The van der Waals surface area contributed by atoms with Gasteiger partial charge >= 0.3 is 0 Å². The first-order chi connectivity index (χ1) is 8.75. The lowest BCUT2D eigenvalue weighted by atomic mass is 9.95. The highest BCUT2D eigenvalue weighted by molar-refractivity contribution is 5.19. The molecule has 2 heteroatoms. The summed E-state index contributed by atoms with van der Waals surface area (Å²) in [6.45, 7) is 2.13. The van der Waals surface area contributed by atoms with E-state index in [9.17, 15) is 4.39 Å². The van der Waals surface area contributed by atoms with Crippen LogP contribution >= 0.6 is 0 Å². The predicted molar refractivity (Wildman–Crippen MR) is 74.1 cm³/mol. The van der Waals surface area contributed by atoms with Gasteiger partial charge in [0.25, 0.3) is 0 Å². The van der Waals surface area contributed by atoms with E-state index < -0.39 is 0 Å². The van der Waals surface area contributed by atoms with Crippen molar-refractivity contribution in [3.8, 4) is 0 Å². The molecule has 0 unspecified atom stereocenters. The minimum absolute atomic E-state index is 0.140. The molecule has 1 atom stereocenters. The first kappa shape index (κ1) is 13.5. The topological polar surface area (TPSA) is 12.0 Å². The lowest BCUT2D eigenvalue weighted by Gasteiger charge is -2.25. The Labute approximate surface area is 110 Å². The van der Waals surface area contributed by atoms with Crippen molar-refractivity contribution >= 4 is 0 Å². The zero-order chi connectivity index (χ0) is 12.8. The van der Waals surface area contributed by atoms with Gasteiger partial charge in [-0.3, -0.25) is 0 Å². The molecule has 1 aliphatic carbocycles. The molecule has 0 aliphatic heterocycles. The quantitative estimate of drug-likeness (QED) is 0.826. The Bertz CT molecular complexity index is 356. The van der Waals surface area contributed by atoms with Crippen LogP contribution in [0.1, 0.15) is 63.5 Å². The van der Waals surface area contributed by atoms with Crippen LogP contribution < -0.4 is 5.32 Å². The summed E-state index contributed by atoms with van der Waals surface area (Å²) in [5, 5.41) is 3.66. The molecule has 1 N–H and O–H groups in total. The van der Waals surface area contributed by atoms with Gasteiger partial charge in [-0.2, -0.15) is 0 Å². The van der Waals surface area contributed by atoms with E-state index in [1.54, 1.807) is 12.1 Å². The zero-order valence-corrected chi connectivity index (χ0v) is 11.3. The van der Waals surface area contributed by atoms with Crippen LogP contribution in [0.15, 0.2) is 24.3 Å². The van der Waals surface area contributed by atoms with Crippen molar-refractivity contribution in [2.75, 3.05) is 0 Å². The van der Waals surface area contributed by atoms with E-state index in [1.165, 1.54) is 51.0 Å². The summed E-state index contributed by atoms with van der Waals surface area (Å²) in [6, 6.07) is 7.78. The van der Waals surface area contributed by atoms with Gasteiger partial charge < -0.3 is 5.32 Å². The van der Waals surface area contributed by atoms with E-state index in [2.05, 4.69) is 12.2 Å². The molecule has 0 aromatic heterocycles. The van der Waals surface area contributed by atoms with Crippen LogP contribution in [0, 0.1) is 5.82 Å². The van der Waals surface area contributed by atoms with Crippen molar-refractivity contribution in [2.24, 2.45) is 0 Å². The minimum Gasteiger partial charge on any atom is -0.307 e. The van der Waals surface area contributed by atoms with Gasteiger partial charge in [0, 0.05) is 12.1 Å². The summed E-state index contributed by atoms with van der Waals surface area (Å²) in [5.74, 6) is -0.140. The smallest absolute Gasteiger partial charge is 0.123 e. The predicted octanol–water partition coefficient (Wildman–Crippen LogP) is 4.59. The van der Waals surface area contributed by atoms with Gasteiger partial charge in [-0.25, -0.2) is 4.39 Å². The molecule has 1 aliphatic rings. The number of hydrogen-bond donors (Lipinski definition) is 1. The Hall–Kier alpha value is -0.890. The average molecular weight is 249 g/mol. The third-order valence-electron chi connectivity index (χ3n) is 3.94. The number of halogens is 1. The highest BCUT2D eigenvalue weighted by atomic mass is 19.1. The van der Waals surface area contributed by atoms with Crippen molar-refractivity contribution in [3.63, 3.8) is 0 Å². The molecule has 1 fully saturated rings. The van der Waals surface area contributed by atoms with Crippen molar-refractivity contribution in [1.82, 2.24) is 5.32 Å². The molecule has 2 rings (SSSR count). The molecule has 0 saturated heterocycles. The van der Waals surface area contributed by atoms with E-state index in [1.807, 2.05) is 6.07 Å². The Morgan fingerprint density at radius 2 is 1.78 bits per heavy atom. The van der Waals surface area contributed by atoms with Gasteiger partial charge in [-0.1, -0.05) is 44.2 Å². The van der Waals surface area contributed by atoms with Gasteiger partial charge in [0.1, 0.15) is 5.82 Å². The highest BCUT2D eigenvalue weighted by Crippen LogP contribution is 2.21. The van der Waals surface area contributed by atoms with Crippen LogP contribution in [-0.2, 0) is 0 Å². The fourth-order valence-electron chi connectivity index (χ4n) is 2.85. The standard InChI is InChI=1S/C16H24FN/c1-13(14-8-7-9-15(17)12-14)18-16-10-5-3-2-4-6-11-16/h7-9,12-13,16,18H,2-6,10-11H2,1H3/t13-/m1/s1. The number of nitrogens with one attached hydrogen (secondary N) is 1. The average Bonchev–Trinajstić information content (AvgIpc) is 2.32. The molecular formula is C16H24FN. The molecule has 0 bridgehead atoms. The number of hydrogen-bond acceptors (Lipinski definition) is 1. The monoisotopic (exact) mass is 249 g/mol. The first-order valence-electron chi connectivity index (χ1n) is 7.27. The summed E-state index contributed by atoms with van der Waals surface area (Å²) < 4.78 is 13.2. The number of benzene rings is 1. The lowest BCUT2D eigenvalue weighted by molar-refractivity contribution is 0.362. The van der Waals surface area contributed by atoms with Crippen molar-refractivity contribution in [2.45, 2.75) is 64.0 Å². The molecule has 1 aromatic rings. The maximum Gasteiger partial charge on any atom is 0.123 e. The van der Waals surface area contributed by atoms with E-state index in [0.717, 1.165) is 5.56 Å². The maximum absolute atomic E-state index is 13.2. The molecule has 0 radical (unpaired) electrons. The van der Waals surface area contributed by atoms with Crippen molar-refractivity contribution in [3.05, 3.63) is 35.6 Å². The molecule has 100 valence electrons. The van der Waals surface area contributed by atoms with Crippen molar-refractivity contribution in [1.29, 1.82) is 0 Å². The molecule has 1 aromatic carbocycles. The summed E-state index contributed by atoms with van der Waals surface area (Å²) in [4.78, 5) is 0. The maximum atomic E-state index is 13.2. The third kappa shape index (κ3) is 4.09. The molecular weight excluding hydrogens is 225 g/mol. The fourth-order valence-corrected chi connectivity index (χ4v) is 2.85. The molecule has 1 saturated carbocycles. The summed E-state index contributed by atoms with van der Waals surface area (Å²) in [7, 11) is 0. The van der Waals surface area contributed by atoms with E-state index in [4.69, 9.17) is 0 Å². The minimum atomic E-state index is -0.140.